The van der Waals surface area contributed by atoms with Crippen molar-refractivity contribution in [2.45, 2.75) is 19.9 Å². The molecule has 0 spiro atoms. The zero-order valence-corrected chi connectivity index (χ0v) is 16.2. The number of hydrogen-bond acceptors (Lipinski definition) is 3. The summed E-state index contributed by atoms with van der Waals surface area (Å²) in [5.41, 5.74) is 2.60. The molecule has 0 aliphatic rings. The molecule has 1 heterocycles. The number of halogens is 2. The molecule has 1 amide bonds. The first kappa shape index (κ1) is 19.2. The summed E-state index contributed by atoms with van der Waals surface area (Å²) in [6.07, 6.45) is 2.46. The minimum atomic E-state index is -0.276. The fraction of sp³-hybridized carbons (Fsp3) is 0.143. The molecule has 0 unspecified atom stereocenters. The molecular weight excluding hydrogens is 383 g/mol. The van der Waals surface area contributed by atoms with Crippen molar-refractivity contribution < 1.29 is 9.53 Å². The van der Waals surface area contributed by atoms with E-state index in [1.54, 1.807) is 36.5 Å². The molecule has 6 heteroatoms. The van der Waals surface area contributed by atoms with E-state index in [4.69, 9.17) is 27.9 Å². The molecular formula is C21H18Cl2N2O2. The Morgan fingerprint density at radius 2 is 1.85 bits per heavy atom. The van der Waals surface area contributed by atoms with Crippen molar-refractivity contribution in [1.29, 1.82) is 0 Å². The van der Waals surface area contributed by atoms with Gasteiger partial charge in [-0.3, -0.25) is 4.79 Å². The number of aryl methyl sites for hydroxylation is 1. The summed E-state index contributed by atoms with van der Waals surface area (Å²) in [6.45, 7) is 2.51. The maximum Gasteiger partial charge on any atom is 0.257 e. The van der Waals surface area contributed by atoms with Gasteiger partial charge >= 0.3 is 0 Å². The van der Waals surface area contributed by atoms with Crippen molar-refractivity contribution in [3.8, 4) is 11.6 Å². The van der Waals surface area contributed by atoms with Gasteiger partial charge in [0.15, 0.2) is 0 Å². The number of nitrogens with one attached hydrogen (secondary N) is 1. The van der Waals surface area contributed by atoms with Crippen LogP contribution in [0.15, 0.2) is 60.8 Å². The molecule has 0 atom stereocenters. The van der Waals surface area contributed by atoms with Gasteiger partial charge in [0.05, 0.1) is 5.02 Å². The minimum absolute atomic E-state index is 0.169. The maximum absolute atomic E-state index is 12.7. The number of benzene rings is 2. The van der Waals surface area contributed by atoms with Crippen LogP contribution in [0.1, 0.15) is 28.4 Å². The van der Waals surface area contributed by atoms with Crippen LogP contribution < -0.4 is 10.1 Å². The van der Waals surface area contributed by atoms with Crippen molar-refractivity contribution in [2.24, 2.45) is 0 Å². The highest BCUT2D eigenvalue weighted by molar-refractivity contribution is 6.34. The third-order valence-corrected chi connectivity index (χ3v) is 4.60. The van der Waals surface area contributed by atoms with E-state index in [1.807, 2.05) is 18.2 Å². The van der Waals surface area contributed by atoms with Gasteiger partial charge in [-0.25, -0.2) is 4.98 Å². The molecule has 0 fully saturated rings. The Morgan fingerprint density at radius 1 is 1.07 bits per heavy atom. The normalized spacial score (nSPS) is 10.5. The number of amides is 1. The summed E-state index contributed by atoms with van der Waals surface area (Å²) in [4.78, 5) is 16.9. The quantitative estimate of drug-likeness (QED) is 0.579. The first-order chi connectivity index (χ1) is 13.1. The number of nitrogens with zero attached hydrogens (tertiary/aromatic N) is 1. The van der Waals surface area contributed by atoms with Crippen LogP contribution in [0.3, 0.4) is 0 Å². The Morgan fingerprint density at radius 3 is 2.63 bits per heavy atom. The zero-order valence-electron chi connectivity index (χ0n) is 14.7. The van der Waals surface area contributed by atoms with Gasteiger partial charge in [0.25, 0.3) is 5.91 Å². The second kappa shape index (κ2) is 8.89. The Bertz CT molecular complexity index is 960. The average molecular weight is 401 g/mol. The van der Waals surface area contributed by atoms with Crippen LogP contribution in [-0.4, -0.2) is 10.9 Å². The highest BCUT2D eigenvalue weighted by Crippen LogP contribution is 2.32. The molecule has 0 aliphatic heterocycles. The van der Waals surface area contributed by atoms with E-state index in [2.05, 4.69) is 23.3 Å². The lowest BCUT2D eigenvalue weighted by Crippen LogP contribution is -2.24. The maximum atomic E-state index is 12.7. The number of pyridine rings is 1. The van der Waals surface area contributed by atoms with Gasteiger partial charge in [-0.2, -0.15) is 0 Å². The summed E-state index contributed by atoms with van der Waals surface area (Å²) in [6, 6.07) is 16.2. The molecule has 2 aromatic carbocycles. The third kappa shape index (κ3) is 4.79. The number of carbonyl (C=O) groups is 1. The summed E-state index contributed by atoms with van der Waals surface area (Å²) >= 11 is 12.1. The van der Waals surface area contributed by atoms with Gasteiger partial charge in [0.2, 0.25) is 5.88 Å². The number of ether oxygens (including phenoxy) is 1. The smallest absolute Gasteiger partial charge is 0.257 e. The van der Waals surface area contributed by atoms with E-state index in [0.29, 0.717) is 27.9 Å². The van der Waals surface area contributed by atoms with Gasteiger partial charge in [-0.1, -0.05) is 54.4 Å². The van der Waals surface area contributed by atoms with Gasteiger partial charge in [-0.15, -0.1) is 0 Å². The lowest BCUT2D eigenvalue weighted by atomic mass is 10.1. The van der Waals surface area contributed by atoms with Crippen LogP contribution in [0.2, 0.25) is 10.0 Å². The van der Waals surface area contributed by atoms with Crippen molar-refractivity contribution in [2.75, 3.05) is 0 Å². The van der Waals surface area contributed by atoms with E-state index in [1.165, 1.54) is 5.56 Å². The molecule has 0 saturated heterocycles. The van der Waals surface area contributed by atoms with Crippen LogP contribution in [0.5, 0.6) is 11.6 Å². The van der Waals surface area contributed by atoms with Crippen LogP contribution >= 0.6 is 23.2 Å². The fourth-order valence-electron chi connectivity index (χ4n) is 2.65. The largest absolute Gasteiger partial charge is 0.437 e. The van der Waals surface area contributed by atoms with Crippen LogP contribution in [-0.2, 0) is 13.0 Å². The van der Waals surface area contributed by atoms with Crippen LogP contribution in [0.25, 0.3) is 0 Å². The topological polar surface area (TPSA) is 51.2 Å². The molecule has 0 bridgehead atoms. The summed E-state index contributed by atoms with van der Waals surface area (Å²) in [7, 11) is 0. The monoisotopic (exact) mass is 400 g/mol. The van der Waals surface area contributed by atoms with Crippen molar-refractivity contribution in [3.05, 3.63) is 87.5 Å². The molecule has 1 N–H and O–H groups in total. The molecule has 1 aromatic heterocycles. The second-order valence-corrected chi connectivity index (χ2v) is 6.68. The van der Waals surface area contributed by atoms with E-state index in [9.17, 15) is 4.79 Å². The molecule has 0 aliphatic carbocycles. The molecule has 138 valence electrons. The third-order valence-electron chi connectivity index (χ3n) is 4.05. The Kier molecular flexibility index (Phi) is 6.32. The van der Waals surface area contributed by atoms with Crippen LogP contribution in [0.4, 0.5) is 0 Å². The van der Waals surface area contributed by atoms with Gasteiger partial charge in [-0.05, 0) is 41.8 Å². The first-order valence-electron chi connectivity index (χ1n) is 8.51. The summed E-state index contributed by atoms with van der Waals surface area (Å²) in [5.74, 6) is 0.235. The van der Waals surface area contributed by atoms with E-state index < -0.39 is 0 Å². The van der Waals surface area contributed by atoms with E-state index in [0.717, 1.165) is 12.0 Å². The number of carbonyl (C=O) groups excluding carboxylic acids is 1. The predicted octanol–water partition coefficient (Wildman–Crippen LogP) is 5.67. The van der Waals surface area contributed by atoms with Crippen molar-refractivity contribution in [1.82, 2.24) is 10.3 Å². The summed E-state index contributed by atoms with van der Waals surface area (Å²) < 4.78 is 5.75. The number of rotatable bonds is 6. The highest BCUT2D eigenvalue weighted by Gasteiger charge is 2.16. The van der Waals surface area contributed by atoms with Crippen molar-refractivity contribution >= 4 is 29.1 Å². The van der Waals surface area contributed by atoms with Gasteiger partial charge in [0, 0.05) is 23.8 Å². The SMILES string of the molecule is CCc1ccccc1CNC(=O)c1cccnc1Oc1cc(Cl)ccc1Cl. The average Bonchev–Trinajstić information content (AvgIpc) is 2.69. The first-order valence-corrected chi connectivity index (χ1v) is 9.27. The van der Waals surface area contributed by atoms with Gasteiger partial charge in [0.1, 0.15) is 11.3 Å². The van der Waals surface area contributed by atoms with E-state index >= 15 is 0 Å². The standard InChI is InChI=1S/C21H18Cl2N2O2/c1-2-14-6-3-4-7-15(14)13-25-20(26)17-8-5-11-24-21(17)27-19-12-16(22)9-10-18(19)23/h3-12H,2,13H2,1H3,(H,25,26). The fourth-order valence-corrected chi connectivity index (χ4v) is 2.97. The van der Waals surface area contributed by atoms with E-state index in [-0.39, 0.29) is 11.8 Å². The van der Waals surface area contributed by atoms with Crippen molar-refractivity contribution in [3.63, 3.8) is 0 Å². The minimum Gasteiger partial charge on any atom is -0.437 e. The molecule has 27 heavy (non-hydrogen) atoms. The molecule has 4 nitrogen and oxygen atoms in total. The predicted molar refractivity (Wildman–Crippen MR) is 108 cm³/mol. The Labute approximate surface area is 168 Å². The number of hydrogen-bond donors (Lipinski definition) is 1. The molecule has 3 rings (SSSR count). The Hall–Kier alpha value is -2.56. The van der Waals surface area contributed by atoms with Crippen LogP contribution in [0, 0.1) is 0 Å². The second-order valence-electron chi connectivity index (χ2n) is 5.84. The molecule has 0 saturated carbocycles. The summed E-state index contributed by atoms with van der Waals surface area (Å²) in [5, 5.41) is 3.79. The molecule has 3 aromatic rings. The lowest BCUT2D eigenvalue weighted by Gasteiger charge is -2.12. The zero-order chi connectivity index (χ0) is 19.2. The number of aromatic nitrogens is 1. The highest BCUT2D eigenvalue weighted by atomic mass is 35.5. The lowest BCUT2D eigenvalue weighted by molar-refractivity contribution is 0.0948. The molecule has 0 radical (unpaired) electrons. The Balaban J connectivity index is 1.78. The van der Waals surface area contributed by atoms with Gasteiger partial charge < -0.3 is 10.1 Å².